The fraction of sp³-hybridized carbons (Fsp3) is 0.286. The maximum atomic E-state index is 14.6. The van der Waals surface area contributed by atoms with Crippen LogP contribution in [-0.2, 0) is 13.1 Å². The molecule has 0 amide bonds. The highest BCUT2D eigenvalue weighted by molar-refractivity contribution is 6.31. The molecule has 0 saturated heterocycles. The van der Waals surface area contributed by atoms with E-state index in [2.05, 4.69) is 15.3 Å². The number of para-hydroxylation sites is 1. The highest BCUT2D eigenvalue weighted by atomic mass is 35.5. The molecule has 40 heavy (non-hydrogen) atoms. The van der Waals surface area contributed by atoms with E-state index in [0.717, 1.165) is 4.57 Å². The molecule has 210 valence electrons. The van der Waals surface area contributed by atoms with Crippen molar-refractivity contribution in [3.63, 3.8) is 0 Å². The number of aliphatic imine (C=N–C) groups is 1. The quantitative estimate of drug-likeness (QED) is 0.278. The predicted octanol–water partition coefficient (Wildman–Crippen LogP) is 4.17. The van der Waals surface area contributed by atoms with Gasteiger partial charge in [0.25, 0.3) is 6.02 Å². The smallest absolute Gasteiger partial charge is 0.355 e. The van der Waals surface area contributed by atoms with Crippen molar-refractivity contribution in [1.82, 2.24) is 14.1 Å². The van der Waals surface area contributed by atoms with Gasteiger partial charge in [-0.2, -0.15) is 4.98 Å². The minimum atomic E-state index is -0.788. The number of nitrogens with two attached hydrogens (primary N) is 1. The van der Waals surface area contributed by atoms with Crippen LogP contribution < -0.4 is 31.9 Å². The number of amidine groups is 1. The third-order valence-electron chi connectivity index (χ3n) is 5.82. The summed E-state index contributed by atoms with van der Waals surface area (Å²) in [6, 6.07) is 13.0. The summed E-state index contributed by atoms with van der Waals surface area (Å²) in [5, 5.41) is 3.52. The van der Waals surface area contributed by atoms with Crippen LogP contribution in [0.3, 0.4) is 0 Å². The van der Waals surface area contributed by atoms with Gasteiger partial charge in [0, 0.05) is 23.3 Å². The Bertz CT molecular complexity index is 1550. The van der Waals surface area contributed by atoms with Gasteiger partial charge in [0.2, 0.25) is 5.95 Å². The van der Waals surface area contributed by atoms with Crippen molar-refractivity contribution in [1.29, 1.82) is 0 Å². The zero-order valence-corrected chi connectivity index (χ0v) is 22.8. The lowest BCUT2D eigenvalue weighted by Crippen LogP contribution is -2.44. The molecule has 0 saturated carbocycles. The second-order valence-corrected chi connectivity index (χ2v) is 9.72. The number of nitrogens with zero attached hydrogens (tertiary/aromatic N) is 4. The van der Waals surface area contributed by atoms with E-state index in [1.54, 1.807) is 50.3 Å². The second-order valence-electron chi connectivity index (χ2n) is 9.28. The Kier molecular flexibility index (Phi) is 9.39. The van der Waals surface area contributed by atoms with Gasteiger partial charge < -0.3 is 20.5 Å². The molecule has 1 aliphatic rings. The summed E-state index contributed by atoms with van der Waals surface area (Å²) >= 11 is 6.05. The lowest BCUT2D eigenvalue weighted by molar-refractivity contribution is 0.231. The molecule has 1 atom stereocenters. The first-order valence-electron chi connectivity index (χ1n) is 12.7. The summed E-state index contributed by atoms with van der Waals surface area (Å²) < 4.78 is 27.8. The highest BCUT2D eigenvalue weighted by Gasteiger charge is 2.18. The van der Waals surface area contributed by atoms with Gasteiger partial charge in [-0.15, -0.1) is 0 Å². The number of hydrogen-bond donors (Lipinski definition) is 2. The first kappa shape index (κ1) is 28.6. The third-order valence-corrected chi connectivity index (χ3v) is 6.10. The zero-order chi connectivity index (χ0) is 28.6. The van der Waals surface area contributed by atoms with Crippen LogP contribution in [0, 0.1) is 11.7 Å². The van der Waals surface area contributed by atoms with Gasteiger partial charge in [-0.05, 0) is 56.5 Å². The maximum absolute atomic E-state index is 14.6. The molecule has 10 nitrogen and oxygen atoms in total. The standard InChI is InChI=1S/C28H30ClFN6O4/c1-18(2)39-24-13-12-21(16-23(24)30)33-26-34-27(37)35(15-14-32-25(31)40-22-6-4-3-5-7-22)28(38)36(26)17-19-8-10-20(29)11-9-19/h3-8,10-13,16,18-19H,9,14-15,17H2,1-2H3,(H2,31,32)(H,33,34,37). The molecule has 0 aliphatic heterocycles. The minimum Gasteiger partial charge on any atom is -0.488 e. The van der Waals surface area contributed by atoms with Gasteiger partial charge in [0.15, 0.2) is 11.6 Å². The van der Waals surface area contributed by atoms with Crippen molar-refractivity contribution >= 4 is 29.3 Å². The summed E-state index contributed by atoms with van der Waals surface area (Å²) in [5.74, 6) is -0.0968. The summed E-state index contributed by atoms with van der Waals surface area (Å²) in [6.07, 6.45) is 5.87. The van der Waals surface area contributed by atoms with Crippen LogP contribution in [0.15, 0.2) is 86.4 Å². The first-order valence-corrected chi connectivity index (χ1v) is 13.1. The molecule has 1 unspecified atom stereocenters. The molecule has 0 radical (unpaired) electrons. The Morgan fingerprint density at radius 3 is 2.67 bits per heavy atom. The van der Waals surface area contributed by atoms with Crippen LogP contribution >= 0.6 is 11.6 Å². The van der Waals surface area contributed by atoms with Gasteiger partial charge >= 0.3 is 11.4 Å². The molecule has 4 rings (SSSR count). The number of aromatic nitrogens is 3. The van der Waals surface area contributed by atoms with E-state index in [1.165, 1.54) is 16.7 Å². The number of anilines is 2. The van der Waals surface area contributed by atoms with Crippen molar-refractivity contribution in [3.05, 3.63) is 98.6 Å². The normalized spacial score (nSPS) is 15.2. The molecule has 3 N–H and O–H groups in total. The van der Waals surface area contributed by atoms with Crippen molar-refractivity contribution in [2.75, 3.05) is 11.9 Å². The van der Waals surface area contributed by atoms with Crippen molar-refractivity contribution in [3.8, 4) is 11.5 Å². The topological polar surface area (TPSA) is 126 Å². The number of hydrogen-bond acceptors (Lipinski definition) is 7. The van der Waals surface area contributed by atoms with Crippen molar-refractivity contribution < 1.29 is 13.9 Å². The largest absolute Gasteiger partial charge is 0.488 e. The monoisotopic (exact) mass is 568 g/mol. The van der Waals surface area contributed by atoms with Crippen molar-refractivity contribution in [2.24, 2.45) is 16.6 Å². The number of halogens is 2. The van der Waals surface area contributed by atoms with Crippen LogP contribution in [0.1, 0.15) is 20.3 Å². The first-order chi connectivity index (χ1) is 19.2. The lowest BCUT2D eigenvalue weighted by Gasteiger charge is -2.20. The van der Waals surface area contributed by atoms with E-state index in [0.29, 0.717) is 22.9 Å². The Labute approximate surface area is 235 Å². The molecule has 1 aliphatic carbocycles. The van der Waals surface area contributed by atoms with E-state index in [9.17, 15) is 14.0 Å². The second kappa shape index (κ2) is 13.1. The molecule has 0 bridgehead atoms. The van der Waals surface area contributed by atoms with Crippen LogP contribution in [-0.4, -0.2) is 32.8 Å². The Hall–Kier alpha value is -4.38. The maximum Gasteiger partial charge on any atom is 0.355 e. The summed E-state index contributed by atoms with van der Waals surface area (Å²) in [7, 11) is 0. The van der Waals surface area contributed by atoms with Crippen LogP contribution in [0.5, 0.6) is 11.5 Å². The average Bonchev–Trinajstić information content (AvgIpc) is 2.91. The van der Waals surface area contributed by atoms with Crippen LogP contribution in [0.25, 0.3) is 0 Å². The Balaban J connectivity index is 1.59. The Morgan fingerprint density at radius 2 is 2.00 bits per heavy atom. The minimum absolute atomic E-state index is 0.00642. The van der Waals surface area contributed by atoms with E-state index in [1.807, 2.05) is 18.2 Å². The predicted molar refractivity (Wildman–Crippen MR) is 153 cm³/mol. The number of allylic oxidation sites excluding steroid dienone is 4. The number of benzene rings is 2. The zero-order valence-electron chi connectivity index (χ0n) is 22.1. The summed E-state index contributed by atoms with van der Waals surface area (Å²) in [4.78, 5) is 34.6. The number of rotatable bonds is 10. The molecule has 2 aromatic carbocycles. The van der Waals surface area contributed by atoms with Gasteiger partial charge in [0.1, 0.15) is 5.75 Å². The van der Waals surface area contributed by atoms with Gasteiger partial charge in [0.05, 0.1) is 19.2 Å². The molecule has 0 spiro atoms. The summed E-state index contributed by atoms with van der Waals surface area (Å²) in [5.41, 5.74) is 4.74. The SMILES string of the molecule is CC(C)Oc1ccc(Nc2nc(=O)n(CCN=C(N)Oc3ccccc3)c(=O)n2CC2C=CC(Cl)=CC2)cc1F. The van der Waals surface area contributed by atoms with Gasteiger partial charge in [-0.25, -0.2) is 23.5 Å². The number of nitrogens with one attached hydrogen (secondary N) is 1. The fourth-order valence-corrected chi connectivity index (χ4v) is 4.11. The van der Waals surface area contributed by atoms with Gasteiger partial charge in [-0.1, -0.05) is 42.0 Å². The molecule has 3 aromatic rings. The lowest BCUT2D eigenvalue weighted by atomic mass is 10.0. The van der Waals surface area contributed by atoms with E-state index in [-0.39, 0.29) is 49.4 Å². The summed E-state index contributed by atoms with van der Waals surface area (Å²) in [6.45, 7) is 3.71. The van der Waals surface area contributed by atoms with Crippen molar-refractivity contribution in [2.45, 2.75) is 39.5 Å². The Morgan fingerprint density at radius 1 is 1.23 bits per heavy atom. The molecule has 1 heterocycles. The average molecular weight is 569 g/mol. The molecule has 0 fully saturated rings. The van der Waals surface area contributed by atoms with Crippen LogP contribution in [0.2, 0.25) is 0 Å². The molecule has 12 heteroatoms. The number of ether oxygens (including phenoxy) is 2. The molecule has 1 aromatic heterocycles. The third kappa shape index (κ3) is 7.60. The van der Waals surface area contributed by atoms with E-state index < -0.39 is 17.2 Å². The van der Waals surface area contributed by atoms with E-state index in [4.69, 9.17) is 26.8 Å². The highest BCUT2D eigenvalue weighted by Crippen LogP contribution is 2.25. The molecular formula is C28H30ClFN6O4. The fourth-order valence-electron chi connectivity index (χ4n) is 3.95. The van der Waals surface area contributed by atoms with Gasteiger partial charge in [-0.3, -0.25) is 4.57 Å². The van der Waals surface area contributed by atoms with Crippen LogP contribution in [0.4, 0.5) is 16.0 Å². The molecular weight excluding hydrogens is 539 g/mol. The van der Waals surface area contributed by atoms with E-state index >= 15 is 0 Å².